The fourth-order valence-corrected chi connectivity index (χ4v) is 3.36. The highest BCUT2D eigenvalue weighted by Gasteiger charge is 2.26. The lowest BCUT2D eigenvalue weighted by Crippen LogP contribution is -2.42. The van der Waals surface area contributed by atoms with Gasteiger partial charge in [-0.25, -0.2) is 0 Å². The van der Waals surface area contributed by atoms with E-state index in [2.05, 4.69) is 20.8 Å². The van der Waals surface area contributed by atoms with Crippen molar-refractivity contribution in [2.45, 2.75) is 39.0 Å². The molecule has 152 valence electrons. The normalized spacial score (nSPS) is 14.2. The largest absolute Gasteiger partial charge is 0.366 e. The highest BCUT2D eigenvalue weighted by Crippen LogP contribution is 2.24. The molecular weight excluding hydrogens is 366 g/mol. The summed E-state index contributed by atoms with van der Waals surface area (Å²) in [5, 5.41) is 0. The molecule has 1 aliphatic heterocycles. The Bertz CT molecular complexity index is 912. The van der Waals surface area contributed by atoms with Gasteiger partial charge in [0.25, 0.3) is 5.91 Å². The Hall–Kier alpha value is -3.15. The molecule has 0 radical (unpaired) electrons. The van der Waals surface area contributed by atoms with Crippen LogP contribution in [0.1, 0.15) is 59.9 Å². The van der Waals surface area contributed by atoms with E-state index in [-0.39, 0.29) is 23.9 Å². The standard InChI is InChI=1S/C23H27N3O3/c1-23(2,3)18-10-6-17(7-11-18)22(29)26(15-25-14-4-5-20(25)27)19-12-8-16(9-13-19)21(24)28/h6-13H,4-5,14-15H2,1-3H3,(H2,24,28). The summed E-state index contributed by atoms with van der Waals surface area (Å²) < 4.78 is 0. The van der Waals surface area contributed by atoms with Crippen LogP contribution in [-0.2, 0) is 10.2 Å². The molecule has 6 heteroatoms. The lowest BCUT2D eigenvalue weighted by Gasteiger charge is -2.28. The summed E-state index contributed by atoms with van der Waals surface area (Å²) in [6, 6.07) is 14.1. The van der Waals surface area contributed by atoms with E-state index in [0.29, 0.717) is 29.8 Å². The van der Waals surface area contributed by atoms with Crippen molar-refractivity contribution < 1.29 is 14.4 Å². The molecule has 3 rings (SSSR count). The van der Waals surface area contributed by atoms with Gasteiger partial charge in [0.15, 0.2) is 0 Å². The third-order valence-corrected chi connectivity index (χ3v) is 5.19. The zero-order valence-corrected chi connectivity index (χ0v) is 17.1. The average Bonchev–Trinajstić information content (AvgIpc) is 3.09. The molecular formula is C23H27N3O3. The minimum atomic E-state index is -0.526. The van der Waals surface area contributed by atoms with Crippen molar-refractivity contribution >= 4 is 23.4 Å². The zero-order chi connectivity index (χ0) is 21.2. The number of likely N-dealkylation sites (tertiary alicyclic amines) is 1. The molecule has 0 aromatic heterocycles. The Morgan fingerprint density at radius 3 is 2.07 bits per heavy atom. The van der Waals surface area contributed by atoms with Gasteiger partial charge < -0.3 is 10.6 Å². The molecule has 0 aliphatic carbocycles. The van der Waals surface area contributed by atoms with Gasteiger partial charge in [-0.15, -0.1) is 0 Å². The summed E-state index contributed by atoms with van der Waals surface area (Å²) in [5.74, 6) is -0.682. The van der Waals surface area contributed by atoms with Crippen LogP contribution in [0.15, 0.2) is 48.5 Å². The number of primary amides is 1. The van der Waals surface area contributed by atoms with Crippen LogP contribution in [-0.4, -0.2) is 35.8 Å². The summed E-state index contributed by atoms with van der Waals surface area (Å²) >= 11 is 0. The second kappa shape index (κ2) is 8.07. The SMILES string of the molecule is CC(C)(C)c1ccc(C(=O)N(CN2CCCC2=O)c2ccc(C(N)=O)cc2)cc1. The van der Waals surface area contributed by atoms with E-state index in [1.165, 1.54) is 0 Å². The molecule has 0 atom stereocenters. The van der Waals surface area contributed by atoms with Crippen molar-refractivity contribution in [2.24, 2.45) is 5.73 Å². The van der Waals surface area contributed by atoms with Crippen molar-refractivity contribution in [2.75, 3.05) is 18.1 Å². The van der Waals surface area contributed by atoms with Gasteiger partial charge >= 0.3 is 0 Å². The first-order valence-corrected chi connectivity index (χ1v) is 9.77. The summed E-state index contributed by atoms with van der Waals surface area (Å²) in [4.78, 5) is 40.1. The summed E-state index contributed by atoms with van der Waals surface area (Å²) in [7, 11) is 0. The highest BCUT2D eigenvalue weighted by molar-refractivity contribution is 6.06. The van der Waals surface area contributed by atoms with Crippen LogP contribution >= 0.6 is 0 Å². The lowest BCUT2D eigenvalue weighted by molar-refractivity contribution is -0.127. The molecule has 1 saturated heterocycles. The van der Waals surface area contributed by atoms with Crippen LogP contribution in [0.2, 0.25) is 0 Å². The Balaban J connectivity index is 1.92. The van der Waals surface area contributed by atoms with E-state index in [1.54, 1.807) is 34.1 Å². The quantitative estimate of drug-likeness (QED) is 0.846. The van der Waals surface area contributed by atoms with Gasteiger partial charge in [0, 0.05) is 29.8 Å². The smallest absolute Gasteiger partial charge is 0.259 e. The third kappa shape index (κ3) is 4.65. The van der Waals surface area contributed by atoms with Crippen molar-refractivity contribution in [1.82, 2.24) is 4.90 Å². The number of nitrogens with zero attached hydrogens (tertiary/aromatic N) is 2. The molecule has 0 unspecified atom stereocenters. The van der Waals surface area contributed by atoms with Crippen molar-refractivity contribution in [3.63, 3.8) is 0 Å². The molecule has 29 heavy (non-hydrogen) atoms. The van der Waals surface area contributed by atoms with E-state index in [1.807, 2.05) is 24.3 Å². The number of nitrogens with two attached hydrogens (primary N) is 1. The fourth-order valence-electron chi connectivity index (χ4n) is 3.36. The minimum absolute atomic E-state index is 0.00612. The minimum Gasteiger partial charge on any atom is -0.366 e. The zero-order valence-electron chi connectivity index (χ0n) is 17.1. The number of carbonyl (C=O) groups excluding carboxylic acids is 3. The molecule has 0 saturated carbocycles. The van der Waals surface area contributed by atoms with Gasteiger partial charge in [0.05, 0.1) is 0 Å². The molecule has 6 nitrogen and oxygen atoms in total. The number of benzene rings is 2. The molecule has 2 N–H and O–H groups in total. The van der Waals surface area contributed by atoms with Crippen molar-refractivity contribution in [3.8, 4) is 0 Å². The van der Waals surface area contributed by atoms with Crippen LogP contribution in [0.3, 0.4) is 0 Å². The maximum Gasteiger partial charge on any atom is 0.259 e. The molecule has 1 fully saturated rings. The predicted molar refractivity (Wildman–Crippen MR) is 113 cm³/mol. The van der Waals surface area contributed by atoms with E-state index in [4.69, 9.17) is 5.73 Å². The molecule has 0 bridgehead atoms. The summed E-state index contributed by atoms with van der Waals surface area (Å²) in [5.41, 5.74) is 7.98. The number of hydrogen-bond acceptors (Lipinski definition) is 3. The Kier molecular flexibility index (Phi) is 5.73. The van der Waals surface area contributed by atoms with Gasteiger partial charge in [-0.3, -0.25) is 19.3 Å². The van der Waals surface area contributed by atoms with Crippen LogP contribution in [0, 0.1) is 0 Å². The maximum atomic E-state index is 13.3. The van der Waals surface area contributed by atoms with Gasteiger partial charge in [-0.1, -0.05) is 32.9 Å². The molecule has 0 spiro atoms. The monoisotopic (exact) mass is 393 g/mol. The number of carbonyl (C=O) groups is 3. The van der Waals surface area contributed by atoms with Crippen molar-refractivity contribution in [3.05, 3.63) is 65.2 Å². The van der Waals surface area contributed by atoms with E-state index in [0.717, 1.165) is 12.0 Å². The summed E-state index contributed by atoms with van der Waals surface area (Å²) in [6.45, 7) is 7.17. The first kappa shape index (κ1) is 20.6. The third-order valence-electron chi connectivity index (χ3n) is 5.19. The van der Waals surface area contributed by atoms with E-state index < -0.39 is 5.91 Å². The number of hydrogen-bond donors (Lipinski definition) is 1. The fraction of sp³-hybridized carbons (Fsp3) is 0.348. The van der Waals surface area contributed by atoms with E-state index in [9.17, 15) is 14.4 Å². The van der Waals surface area contributed by atoms with Gasteiger partial charge in [0.1, 0.15) is 6.67 Å². The van der Waals surface area contributed by atoms with E-state index >= 15 is 0 Å². The van der Waals surface area contributed by atoms with Crippen LogP contribution in [0.25, 0.3) is 0 Å². The average molecular weight is 393 g/mol. The molecule has 1 aliphatic rings. The second-order valence-corrected chi connectivity index (χ2v) is 8.37. The predicted octanol–water partition coefficient (Wildman–Crippen LogP) is 3.31. The first-order valence-electron chi connectivity index (χ1n) is 9.77. The Morgan fingerprint density at radius 2 is 1.59 bits per heavy atom. The number of anilines is 1. The topological polar surface area (TPSA) is 83.7 Å². The summed E-state index contributed by atoms with van der Waals surface area (Å²) in [6.07, 6.45) is 1.30. The van der Waals surface area contributed by atoms with Gasteiger partial charge in [0.2, 0.25) is 11.8 Å². The molecule has 2 aromatic rings. The lowest BCUT2D eigenvalue weighted by atomic mass is 9.86. The Morgan fingerprint density at radius 1 is 1.00 bits per heavy atom. The number of amides is 3. The maximum absolute atomic E-state index is 13.3. The Labute approximate surface area is 171 Å². The van der Waals surface area contributed by atoms with Crippen molar-refractivity contribution in [1.29, 1.82) is 0 Å². The second-order valence-electron chi connectivity index (χ2n) is 8.37. The molecule has 1 heterocycles. The molecule has 2 aromatic carbocycles. The van der Waals surface area contributed by atoms with Crippen LogP contribution in [0.5, 0.6) is 0 Å². The van der Waals surface area contributed by atoms with Crippen LogP contribution in [0.4, 0.5) is 5.69 Å². The number of rotatable bonds is 5. The first-order chi connectivity index (χ1) is 13.7. The molecule has 3 amide bonds. The van der Waals surface area contributed by atoms with Gasteiger partial charge in [-0.2, -0.15) is 0 Å². The highest BCUT2D eigenvalue weighted by atomic mass is 16.2. The van der Waals surface area contributed by atoms with Crippen LogP contribution < -0.4 is 10.6 Å². The van der Waals surface area contributed by atoms with Gasteiger partial charge in [-0.05, 0) is 53.8 Å².